The SMILES string of the molecule is Cc1ccc(Nc2c(C#N)cnc3cc(I)ccc23)c(C)c1. The average molecular weight is 399 g/mol. The molecule has 0 radical (unpaired) electrons. The Bertz CT molecular complexity index is 910. The van der Waals surface area contributed by atoms with Crippen LogP contribution in [0.5, 0.6) is 0 Å². The van der Waals surface area contributed by atoms with Crippen molar-refractivity contribution in [2.24, 2.45) is 0 Å². The molecule has 3 rings (SSSR count). The van der Waals surface area contributed by atoms with Crippen molar-refractivity contribution in [3.8, 4) is 6.07 Å². The third-order valence-corrected chi connectivity index (χ3v) is 4.26. The highest BCUT2D eigenvalue weighted by molar-refractivity contribution is 14.1. The minimum Gasteiger partial charge on any atom is -0.354 e. The quantitative estimate of drug-likeness (QED) is 0.612. The van der Waals surface area contributed by atoms with E-state index in [0.717, 1.165) is 31.4 Å². The van der Waals surface area contributed by atoms with Crippen LogP contribution in [0.1, 0.15) is 16.7 Å². The molecule has 0 fully saturated rings. The van der Waals surface area contributed by atoms with Crippen LogP contribution < -0.4 is 5.32 Å². The molecule has 0 saturated heterocycles. The molecule has 2 aromatic carbocycles. The Labute approximate surface area is 143 Å². The van der Waals surface area contributed by atoms with E-state index >= 15 is 0 Å². The van der Waals surface area contributed by atoms with Crippen molar-refractivity contribution in [1.29, 1.82) is 5.26 Å². The van der Waals surface area contributed by atoms with E-state index in [0.29, 0.717) is 5.56 Å². The molecule has 0 aliphatic rings. The van der Waals surface area contributed by atoms with Crippen LogP contribution in [0.3, 0.4) is 0 Å². The summed E-state index contributed by atoms with van der Waals surface area (Å²) in [5.74, 6) is 0. The Morgan fingerprint density at radius 3 is 2.68 bits per heavy atom. The smallest absolute Gasteiger partial charge is 0.103 e. The van der Waals surface area contributed by atoms with Gasteiger partial charge in [0.1, 0.15) is 6.07 Å². The largest absolute Gasteiger partial charge is 0.354 e. The molecule has 3 nitrogen and oxygen atoms in total. The highest BCUT2D eigenvalue weighted by Crippen LogP contribution is 2.31. The molecule has 0 saturated carbocycles. The molecule has 1 N–H and O–H groups in total. The highest BCUT2D eigenvalue weighted by atomic mass is 127. The van der Waals surface area contributed by atoms with E-state index in [9.17, 15) is 5.26 Å². The predicted octanol–water partition coefficient (Wildman–Crippen LogP) is 5.07. The van der Waals surface area contributed by atoms with E-state index in [1.807, 2.05) is 24.3 Å². The maximum Gasteiger partial charge on any atom is 0.103 e. The first kappa shape index (κ1) is 14.8. The van der Waals surface area contributed by atoms with Gasteiger partial charge in [0.2, 0.25) is 0 Å². The molecule has 108 valence electrons. The molecule has 4 heteroatoms. The third kappa shape index (κ3) is 2.77. The number of nitriles is 1. The first-order valence-electron chi connectivity index (χ1n) is 6.91. The van der Waals surface area contributed by atoms with E-state index < -0.39 is 0 Å². The Morgan fingerprint density at radius 1 is 1.14 bits per heavy atom. The lowest BCUT2D eigenvalue weighted by Gasteiger charge is -2.14. The number of hydrogen-bond donors (Lipinski definition) is 1. The zero-order valence-corrected chi connectivity index (χ0v) is 14.5. The van der Waals surface area contributed by atoms with Crippen molar-refractivity contribution in [2.75, 3.05) is 5.32 Å². The minimum atomic E-state index is 0.550. The van der Waals surface area contributed by atoms with Gasteiger partial charge < -0.3 is 5.32 Å². The van der Waals surface area contributed by atoms with Crippen LogP contribution in [0.25, 0.3) is 10.9 Å². The van der Waals surface area contributed by atoms with Gasteiger partial charge in [0.05, 0.1) is 16.8 Å². The van der Waals surface area contributed by atoms with Gasteiger partial charge >= 0.3 is 0 Å². The second-order valence-corrected chi connectivity index (χ2v) is 6.51. The molecule has 0 spiro atoms. The normalized spacial score (nSPS) is 10.5. The lowest BCUT2D eigenvalue weighted by Crippen LogP contribution is -1.98. The number of benzene rings is 2. The van der Waals surface area contributed by atoms with E-state index in [1.165, 1.54) is 5.56 Å². The summed E-state index contributed by atoms with van der Waals surface area (Å²) in [6.07, 6.45) is 1.63. The second kappa shape index (κ2) is 5.93. The van der Waals surface area contributed by atoms with Gasteiger partial charge in [-0.2, -0.15) is 5.26 Å². The summed E-state index contributed by atoms with van der Waals surface area (Å²) in [7, 11) is 0. The van der Waals surface area contributed by atoms with Gasteiger partial charge in [0, 0.05) is 20.8 Å². The van der Waals surface area contributed by atoms with Crippen LogP contribution in [-0.4, -0.2) is 4.98 Å². The van der Waals surface area contributed by atoms with Gasteiger partial charge in [-0.3, -0.25) is 4.98 Å². The van der Waals surface area contributed by atoms with Gasteiger partial charge in [-0.05, 0) is 66.3 Å². The van der Waals surface area contributed by atoms with Crippen LogP contribution in [0.15, 0.2) is 42.6 Å². The standard InChI is InChI=1S/C18H14IN3/c1-11-3-6-16(12(2)7-11)22-18-13(9-20)10-21-17-8-14(19)4-5-15(17)18/h3-8,10H,1-2H3,(H,21,22). The lowest BCUT2D eigenvalue weighted by atomic mass is 10.1. The van der Waals surface area contributed by atoms with Crippen molar-refractivity contribution < 1.29 is 0 Å². The fraction of sp³-hybridized carbons (Fsp3) is 0.111. The molecule has 3 aromatic rings. The number of halogens is 1. The molecule has 0 aliphatic heterocycles. The van der Waals surface area contributed by atoms with Gasteiger partial charge in [-0.25, -0.2) is 0 Å². The Kier molecular flexibility index (Phi) is 3.99. The van der Waals surface area contributed by atoms with E-state index in [4.69, 9.17) is 0 Å². The summed E-state index contributed by atoms with van der Waals surface area (Å²) in [5, 5.41) is 13.8. The maximum atomic E-state index is 9.39. The number of pyridine rings is 1. The number of nitrogens with one attached hydrogen (secondary N) is 1. The summed E-state index contributed by atoms with van der Waals surface area (Å²) >= 11 is 2.26. The Hall–Kier alpha value is -2.13. The van der Waals surface area contributed by atoms with Crippen molar-refractivity contribution in [1.82, 2.24) is 4.98 Å². The van der Waals surface area contributed by atoms with Crippen molar-refractivity contribution in [3.63, 3.8) is 0 Å². The number of anilines is 2. The topological polar surface area (TPSA) is 48.7 Å². The van der Waals surface area contributed by atoms with Crippen molar-refractivity contribution in [3.05, 3.63) is 62.9 Å². The molecule has 0 bridgehead atoms. The minimum absolute atomic E-state index is 0.550. The number of aryl methyl sites for hydroxylation is 2. The van der Waals surface area contributed by atoms with E-state index in [1.54, 1.807) is 6.20 Å². The lowest BCUT2D eigenvalue weighted by molar-refractivity contribution is 1.34. The second-order valence-electron chi connectivity index (χ2n) is 5.26. The van der Waals surface area contributed by atoms with Crippen LogP contribution in [-0.2, 0) is 0 Å². The van der Waals surface area contributed by atoms with Crippen LogP contribution in [0.2, 0.25) is 0 Å². The number of aromatic nitrogens is 1. The van der Waals surface area contributed by atoms with Gasteiger partial charge in [0.25, 0.3) is 0 Å². The molecular weight excluding hydrogens is 385 g/mol. The third-order valence-electron chi connectivity index (χ3n) is 3.59. The van der Waals surface area contributed by atoms with Crippen LogP contribution in [0.4, 0.5) is 11.4 Å². The Balaban J connectivity index is 2.18. The first-order valence-corrected chi connectivity index (χ1v) is 7.99. The molecule has 0 atom stereocenters. The molecule has 0 unspecified atom stereocenters. The Morgan fingerprint density at radius 2 is 1.95 bits per heavy atom. The summed E-state index contributed by atoms with van der Waals surface area (Å²) in [6.45, 7) is 4.13. The maximum absolute atomic E-state index is 9.39. The summed E-state index contributed by atoms with van der Waals surface area (Å²) in [6, 6.07) is 14.5. The molecule has 1 heterocycles. The first-order chi connectivity index (χ1) is 10.6. The number of hydrogen-bond acceptors (Lipinski definition) is 3. The zero-order valence-electron chi connectivity index (χ0n) is 12.3. The van der Waals surface area contributed by atoms with Gasteiger partial charge in [-0.15, -0.1) is 0 Å². The summed E-state index contributed by atoms with van der Waals surface area (Å²) < 4.78 is 1.12. The highest BCUT2D eigenvalue weighted by Gasteiger charge is 2.10. The molecule has 0 amide bonds. The number of fused-ring (bicyclic) bond motifs is 1. The monoisotopic (exact) mass is 399 g/mol. The van der Waals surface area contributed by atoms with Crippen molar-refractivity contribution >= 4 is 44.9 Å². The van der Waals surface area contributed by atoms with Crippen LogP contribution in [0, 0.1) is 28.7 Å². The zero-order chi connectivity index (χ0) is 15.7. The fourth-order valence-corrected chi connectivity index (χ4v) is 2.95. The van der Waals surface area contributed by atoms with Crippen molar-refractivity contribution in [2.45, 2.75) is 13.8 Å². The molecule has 1 aromatic heterocycles. The van der Waals surface area contributed by atoms with E-state index in [2.05, 4.69) is 64.9 Å². The molecule has 22 heavy (non-hydrogen) atoms. The van der Waals surface area contributed by atoms with E-state index in [-0.39, 0.29) is 0 Å². The molecular formula is C18H14IN3. The van der Waals surface area contributed by atoms with Gasteiger partial charge in [-0.1, -0.05) is 17.7 Å². The summed E-state index contributed by atoms with van der Waals surface area (Å²) in [4.78, 5) is 4.38. The predicted molar refractivity (Wildman–Crippen MR) is 98.4 cm³/mol. The average Bonchev–Trinajstić information content (AvgIpc) is 2.49. The molecule has 0 aliphatic carbocycles. The van der Waals surface area contributed by atoms with Gasteiger partial charge in [0.15, 0.2) is 0 Å². The fourth-order valence-electron chi connectivity index (χ4n) is 2.47. The summed E-state index contributed by atoms with van der Waals surface area (Å²) in [5.41, 5.74) is 5.63. The number of rotatable bonds is 2. The number of nitrogens with zero attached hydrogens (tertiary/aromatic N) is 2. The van der Waals surface area contributed by atoms with Crippen LogP contribution >= 0.6 is 22.6 Å².